The Morgan fingerprint density at radius 3 is 3.05 bits per heavy atom. The highest BCUT2D eigenvalue weighted by molar-refractivity contribution is 9.10. The Balaban J connectivity index is 1.84. The lowest BCUT2D eigenvalue weighted by atomic mass is 10.2. The molecule has 2 aromatic rings. The molecule has 112 valence electrons. The zero-order valence-electron chi connectivity index (χ0n) is 11.7. The molecular weight excluding hydrogens is 352 g/mol. The van der Waals surface area contributed by atoms with Crippen LogP contribution in [0.4, 0.5) is 0 Å². The highest BCUT2D eigenvalue weighted by atomic mass is 79.9. The number of hydrogen-bond acceptors (Lipinski definition) is 4. The van der Waals surface area contributed by atoms with Gasteiger partial charge in [-0.3, -0.25) is 4.57 Å². The van der Waals surface area contributed by atoms with Crippen LogP contribution in [0.5, 0.6) is 0 Å². The second-order valence-corrected chi connectivity index (χ2v) is 6.99. The molecule has 0 saturated heterocycles. The van der Waals surface area contributed by atoms with Crippen LogP contribution in [-0.2, 0) is 13.1 Å². The van der Waals surface area contributed by atoms with Crippen LogP contribution in [0.25, 0.3) is 0 Å². The number of hydrogen-bond donors (Lipinski definition) is 2. The number of nitrogens with one attached hydrogen (secondary N) is 2. The lowest BCUT2D eigenvalue weighted by Crippen LogP contribution is -2.17. The fourth-order valence-corrected chi connectivity index (χ4v) is 3.50. The van der Waals surface area contributed by atoms with Crippen molar-refractivity contribution in [1.29, 1.82) is 0 Å². The van der Waals surface area contributed by atoms with Gasteiger partial charge < -0.3 is 5.32 Å². The van der Waals surface area contributed by atoms with Crippen molar-refractivity contribution in [3.8, 4) is 0 Å². The molecule has 0 aliphatic heterocycles. The molecule has 1 fully saturated rings. The molecule has 0 amide bonds. The molecule has 0 spiro atoms. The van der Waals surface area contributed by atoms with Gasteiger partial charge >= 0.3 is 5.69 Å². The van der Waals surface area contributed by atoms with Crippen molar-refractivity contribution < 1.29 is 0 Å². The first-order valence-electron chi connectivity index (χ1n) is 7.02. The summed E-state index contributed by atoms with van der Waals surface area (Å²) in [6.07, 6.45) is 2.54. The number of nitrogens with zero attached hydrogens (tertiary/aromatic N) is 2. The number of rotatable bonds is 6. The lowest BCUT2D eigenvalue weighted by Gasteiger charge is -2.10. The summed E-state index contributed by atoms with van der Waals surface area (Å²) in [5.41, 5.74) is 1.06. The minimum absolute atomic E-state index is 0.158. The van der Waals surface area contributed by atoms with Gasteiger partial charge in [0.1, 0.15) is 0 Å². The monoisotopic (exact) mass is 368 g/mol. The van der Waals surface area contributed by atoms with E-state index in [1.807, 2.05) is 13.0 Å². The van der Waals surface area contributed by atoms with Crippen LogP contribution in [0, 0.1) is 0 Å². The molecule has 5 nitrogen and oxygen atoms in total. The number of H-pyrrole nitrogens is 1. The predicted octanol–water partition coefficient (Wildman–Crippen LogP) is 2.76. The van der Waals surface area contributed by atoms with E-state index >= 15 is 0 Å². The molecule has 7 heteroatoms. The van der Waals surface area contributed by atoms with Crippen molar-refractivity contribution in [2.75, 3.05) is 0 Å². The lowest BCUT2D eigenvalue weighted by molar-refractivity contribution is 0.659. The molecule has 0 atom stereocenters. The van der Waals surface area contributed by atoms with Gasteiger partial charge in [-0.1, -0.05) is 15.9 Å². The molecular formula is C14H17BrN4OS. The van der Waals surface area contributed by atoms with E-state index in [-0.39, 0.29) is 5.69 Å². The van der Waals surface area contributed by atoms with Crippen molar-refractivity contribution in [1.82, 2.24) is 20.1 Å². The summed E-state index contributed by atoms with van der Waals surface area (Å²) in [6, 6.07) is 6.88. The van der Waals surface area contributed by atoms with E-state index in [1.165, 1.54) is 30.2 Å². The molecule has 1 saturated carbocycles. The largest absolute Gasteiger partial charge is 0.343 e. The van der Waals surface area contributed by atoms with E-state index in [4.69, 9.17) is 0 Å². The SMILES string of the molecule is CCn1c(Sc2ccc(Br)cc2CNC2CC2)n[nH]c1=O. The van der Waals surface area contributed by atoms with Crippen LogP contribution in [0.15, 0.2) is 37.5 Å². The smallest absolute Gasteiger partial charge is 0.310 e. The second kappa shape index (κ2) is 6.37. The van der Waals surface area contributed by atoms with Gasteiger partial charge in [0.15, 0.2) is 5.16 Å². The zero-order chi connectivity index (χ0) is 14.8. The Bertz CT molecular complexity index is 693. The first kappa shape index (κ1) is 14.9. The first-order valence-corrected chi connectivity index (χ1v) is 8.63. The third-order valence-electron chi connectivity index (χ3n) is 3.42. The summed E-state index contributed by atoms with van der Waals surface area (Å²) in [5.74, 6) is 0. The van der Waals surface area contributed by atoms with Crippen molar-refractivity contribution in [3.05, 3.63) is 38.7 Å². The number of halogens is 1. The third kappa shape index (κ3) is 3.59. The zero-order valence-corrected chi connectivity index (χ0v) is 14.1. The Morgan fingerprint density at radius 2 is 2.33 bits per heavy atom. The van der Waals surface area contributed by atoms with Gasteiger partial charge in [-0.25, -0.2) is 9.89 Å². The standard InChI is InChI=1S/C14H17BrN4OS/c1-2-19-13(20)17-18-14(19)21-12-6-3-10(15)7-9(12)8-16-11-4-5-11/h3,6-7,11,16H,2,4-5,8H2,1H3,(H,17,20). The van der Waals surface area contributed by atoms with Crippen LogP contribution in [0.3, 0.4) is 0 Å². The number of aromatic amines is 1. The van der Waals surface area contributed by atoms with E-state index in [9.17, 15) is 4.79 Å². The van der Waals surface area contributed by atoms with E-state index < -0.39 is 0 Å². The van der Waals surface area contributed by atoms with Gasteiger partial charge in [0.05, 0.1) is 0 Å². The summed E-state index contributed by atoms with van der Waals surface area (Å²) in [4.78, 5) is 12.8. The molecule has 3 rings (SSSR count). The molecule has 0 unspecified atom stereocenters. The third-order valence-corrected chi connectivity index (χ3v) is 5.03. The van der Waals surface area contributed by atoms with Crippen LogP contribution < -0.4 is 11.0 Å². The number of benzene rings is 1. The van der Waals surface area contributed by atoms with Crippen LogP contribution in [0.1, 0.15) is 25.3 Å². The highest BCUT2D eigenvalue weighted by Gasteiger charge is 2.21. The second-order valence-electron chi connectivity index (χ2n) is 5.06. The van der Waals surface area contributed by atoms with Gasteiger partial charge in [-0.2, -0.15) is 0 Å². The summed E-state index contributed by atoms with van der Waals surface area (Å²) < 4.78 is 2.71. The molecule has 0 radical (unpaired) electrons. The average molecular weight is 369 g/mol. The molecule has 2 N–H and O–H groups in total. The summed E-state index contributed by atoms with van der Waals surface area (Å²) in [6.45, 7) is 3.40. The van der Waals surface area contributed by atoms with Gasteiger partial charge in [0, 0.05) is 28.5 Å². The van der Waals surface area contributed by atoms with E-state index in [0.717, 1.165) is 15.9 Å². The summed E-state index contributed by atoms with van der Waals surface area (Å²) in [7, 11) is 0. The van der Waals surface area contributed by atoms with Gasteiger partial charge in [0.25, 0.3) is 0 Å². The fraction of sp³-hybridized carbons (Fsp3) is 0.429. The maximum Gasteiger partial charge on any atom is 0.343 e. The van der Waals surface area contributed by atoms with Crippen molar-refractivity contribution in [3.63, 3.8) is 0 Å². The Morgan fingerprint density at radius 1 is 1.52 bits per heavy atom. The quantitative estimate of drug-likeness (QED) is 0.822. The van der Waals surface area contributed by atoms with Gasteiger partial charge in [-0.15, -0.1) is 5.10 Å². The predicted molar refractivity (Wildman–Crippen MR) is 86.6 cm³/mol. The average Bonchev–Trinajstić information content (AvgIpc) is 3.23. The van der Waals surface area contributed by atoms with Crippen molar-refractivity contribution in [2.24, 2.45) is 0 Å². The van der Waals surface area contributed by atoms with Crippen molar-refractivity contribution in [2.45, 2.75) is 48.9 Å². The van der Waals surface area contributed by atoms with Crippen LogP contribution >= 0.6 is 27.7 Å². The van der Waals surface area contributed by atoms with E-state index in [2.05, 4.69) is 43.6 Å². The Labute approximate surface area is 135 Å². The van der Waals surface area contributed by atoms with E-state index in [1.54, 1.807) is 4.57 Å². The van der Waals surface area contributed by atoms with Crippen LogP contribution in [0.2, 0.25) is 0 Å². The minimum Gasteiger partial charge on any atom is -0.310 e. The van der Waals surface area contributed by atoms with Gasteiger partial charge in [-0.05, 0) is 55.3 Å². The molecule has 1 heterocycles. The Hall–Kier alpha value is -1.05. The topological polar surface area (TPSA) is 62.7 Å². The summed E-state index contributed by atoms with van der Waals surface area (Å²) >= 11 is 5.05. The van der Waals surface area contributed by atoms with Crippen LogP contribution in [-0.4, -0.2) is 20.8 Å². The molecule has 1 aromatic carbocycles. The minimum atomic E-state index is -0.158. The van der Waals surface area contributed by atoms with Crippen molar-refractivity contribution >= 4 is 27.7 Å². The summed E-state index contributed by atoms with van der Waals surface area (Å²) in [5, 5.41) is 10.9. The molecule has 21 heavy (non-hydrogen) atoms. The Kier molecular flexibility index (Phi) is 4.51. The first-order chi connectivity index (χ1) is 10.2. The van der Waals surface area contributed by atoms with Gasteiger partial charge in [0.2, 0.25) is 0 Å². The molecule has 1 aliphatic carbocycles. The van der Waals surface area contributed by atoms with E-state index in [0.29, 0.717) is 17.7 Å². The number of aromatic nitrogens is 3. The maximum atomic E-state index is 11.6. The molecule has 1 aliphatic rings. The highest BCUT2D eigenvalue weighted by Crippen LogP contribution is 2.31. The molecule has 0 bridgehead atoms. The maximum absolute atomic E-state index is 11.6. The fourth-order valence-electron chi connectivity index (χ4n) is 2.09. The normalized spacial score (nSPS) is 14.6. The molecule has 1 aromatic heterocycles.